The summed E-state index contributed by atoms with van der Waals surface area (Å²) in [4.78, 5) is 11.1. The fourth-order valence-corrected chi connectivity index (χ4v) is 1.21. The van der Waals surface area contributed by atoms with Gasteiger partial charge in [-0.15, -0.1) is 0 Å². The molecule has 3 nitrogen and oxygen atoms in total. The van der Waals surface area contributed by atoms with Gasteiger partial charge in [-0.05, 0) is 19.4 Å². The van der Waals surface area contributed by atoms with E-state index in [1.54, 1.807) is 0 Å². The predicted octanol–water partition coefficient (Wildman–Crippen LogP) is 2.24. The van der Waals surface area contributed by atoms with Gasteiger partial charge < -0.3 is 10.5 Å². The molecule has 0 fully saturated rings. The predicted molar refractivity (Wildman–Crippen MR) is 58.0 cm³/mol. The molecule has 0 saturated carbocycles. The standard InChI is InChI=1S/C11H23NO2/c1-2-3-4-5-6-8-11(13)14-10-7-9-12/h2-10,12H2,1H3. The number of esters is 1. The van der Waals surface area contributed by atoms with Crippen molar-refractivity contribution in [1.29, 1.82) is 0 Å². The largest absolute Gasteiger partial charge is 0.466 e. The van der Waals surface area contributed by atoms with E-state index in [1.807, 2.05) is 0 Å². The second-order valence-corrected chi connectivity index (χ2v) is 3.53. The van der Waals surface area contributed by atoms with Gasteiger partial charge in [-0.1, -0.05) is 32.6 Å². The van der Waals surface area contributed by atoms with Gasteiger partial charge in [-0.2, -0.15) is 0 Å². The fraction of sp³-hybridized carbons (Fsp3) is 0.909. The molecule has 0 saturated heterocycles. The molecule has 3 heteroatoms. The molecule has 2 N–H and O–H groups in total. The molecule has 0 radical (unpaired) electrons. The number of hydrogen-bond donors (Lipinski definition) is 1. The highest BCUT2D eigenvalue weighted by Gasteiger charge is 2.01. The summed E-state index contributed by atoms with van der Waals surface area (Å²) in [6.45, 7) is 3.25. The first-order valence-electron chi connectivity index (χ1n) is 5.67. The number of nitrogens with two attached hydrogens (primary N) is 1. The molecule has 0 aromatic rings. The smallest absolute Gasteiger partial charge is 0.305 e. The van der Waals surface area contributed by atoms with Crippen molar-refractivity contribution < 1.29 is 9.53 Å². The zero-order valence-electron chi connectivity index (χ0n) is 9.26. The molecule has 0 rings (SSSR count). The summed E-state index contributed by atoms with van der Waals surface area (Å²) in [5.41, 5.74) is 5.28. The Balaban J connectivity index is 3.10. The van der Waals surface area contributed by atoms with Crippen molar-refractivity contribution in [3.8, 4) is 0 Å². The van der Waals surface area contributed by atoms with E-state index in [2.05, 4.69) is 6.92 Å². The Morgan fingerprint density at radius 2 is 1.86 bits per heavy atom. The van der Waals surface area contributed by atoms with Gasteiger partial charge in [0.2, 0.25) is 0 Å². The fourth-order valence-electron chi connectivity index (χ4n) is 1.21. The van der Waals surface area contributed by atoms with Gasteiger partial charge in [0.25, 0.3) is 0 Å². The van der Waals surface area contributed by atoms with Crippen LogP contribution < -0.4 is 5.73 Å². The zero-order valence-corrected chi connectivity index (χ0v) is 9.26. The Hall–Kier alpha value is -0.570. The molecule has 0 aromatic carbocycles. The molecule has 0 spiro atoms. The van der Waals surface area contributed by atoms with Crippen molar-refractivity contribution >= 4 is 5.97 Å². The number of unbranched alkanes of at least 4 members (excludes halogenated alkanes) is 4. The monoisotopic (exact) mass is 201 g/mol. The van der Waals surface area contributed by atoms with E-state index in [9.17, 15) is 4.79 Å². The highest BCUT2D eigenvalue weighted by atomic mass is 16.5. The maximum Gasteiger partial charge on any atom is 0.305 e. The van der Waals surface area contributed by atoms with Crippen LogP contribution in [-0.2, 0) is 9.53 Å². The number of ether oxygens (including phenoxy) is 1. The minimum Gasteiger partial charge on any atom is -0.466 e. The number of carbonyl (C=O) groups excluding carboxylic acids is 1. The van der Waals surface area contributed by atoms with E-state index in [0.717, 1.165) is 19.3 Å². The number of carbonyl (C=O) groups is 1. The summed E-state index contributed by atoms with van der Waals surface area (Å²) >= 11 is 0. The molecule has 14 heavy (non-hydrogen) atoms. The molecule has 0 aromatic heterocycles. The molecule has 84 valence electrons. The van der Waals surface area contributed by atoms with Crippen LogP contribution in [0.25, 0.3) is 0 Å². The van der Waals surface area contributed by atoms with Crippen molar-refractivity contribution in [3.63, 3.8) is 0 Å². The summed E-state index contributed by atoms with van der Waals surface area (Å²) in [5.74, 6) is -0.0741. The van der Waals surface area contributed by atoms with Gasteiger partial charge in [0.05, 0.1) is 6.61 Å². The molecule has 0 aliphatic heterocycles. The van der Waals surface area contributed by atoms with Crippen LogP contribution in [-0.4, -0.2) is 19.1 Å². The second kappa shape index (κ2) is 10.5. The van der Waals surface area contributed by atoms with E-state index < -0.39 is 0 Å². The third kappa shape index (κ3) is 9.52. The summed E-state index contributed by atoms with van der Waals surface area (Å²) in [7, 11) is 0. The Kier molecular flexibility index (Phi) is 10.1. The summed E-state index contributed by atoms with van der Waals surface area (Å²) in [6, 6.07) is 0. The third-order valence-electron chi connectivity index (χ3n) is 2.10. The second-order valence-electron chi connectivity index (χ2n) is 3.53. The Bertz CT molecular complexity index is 137. The van der Waals surface area contributed by atoms with E-state index in [-0.39, 0.29) is 5.97 Å². The molecule has 0 aliphatic rings. The normalized spacial score (nSPS) is 10.1. The lowest BCUT2D eigenvalue weighted by atomic mass is 10.1. The van der Waals surface area contributed by atoms with Crippen LogP contribution in [0.1, 0.15) is 51.9 Å². The number of rotatable bonds is 9. The first-order valence-corrected chi connectivity index (χ1v) is 5.67. The summed E-state index contributed by atoms with van der Waals surface area (Å²) in [5, 5.41) is 0. The minimum atomic E-state index is -0.0741. The van der Waals surface area contributed by atoms with Gasteiger partial charge >= 0.3 is 5.97 Å². The zero-order chi connectivity index (χ0) is 10.6. The average molecular weight is 201 g/mol. The molecule has 0 aliphatic carbocycles. The Morgan fingerprint density at radius 1 is 1.14 bits per heavy atom. The first-order chi connectivity index (χ1) is 6.81. The van der Waals surface area contributed by atoms with Crippen LogP contribution in [0.3, 0.4) is 0 Å². The number of hydrogen-bond acceptors (Lipinski definition) is 3. The lowest BCUT2D eigenvalue weighted by Crippen LogP contribution is -2.09. The van der Waals surface area contributed by atoms with Crippen molar-refractivity contribution in [3.05, 3.63) is 0 Å². The lowest BCUT2D eigenvalue weighted by molar-refractivity contribution is -0.143. The van der Waals surface area contributed by atoms with Crippen molar-refractivity contribution in [2.24, 2.45) is 5.73 Å². The quantitative estimate of drug-likeness (QED) is 0.460. The van der Waals surface area contributed by atoms with Crippen LogP contribution in [0.2, 0.25) is 0 Å². The van der Waals surface area contributed by atoms with Gasteiger partial charge in [-0.25, -0.2) is 0 Å². The summed E-state index contributed by atoms with van der Waals surface area (Å²) in [6.07, 6.45) is 7.16. The van der Waals surface area contributed by atoms with Crippen LogP contribution >= 0.6 is 0 Å². The van der Waals surface area contributed by atoms with Gasteiger partial charge in [0, 0.05) is 6.42 Å². The molecule has 0 heterocycles. The van der Waals surface area contributed by atoms with Crippen LogP contribution in [0, 0.1) is 0 Å². The maximum absolute atomic E-state index is 11.1. The highest BCUT2D eigenvalue weighted by molar-refractivity contribution is 5.69. The van der Waals surface area contributed by atoms with E-state index >= 15 is 0 Å². The molecular weight excluding hydrogens is 178 g/mol. The summed E-state index contributed by atoms with van der Waals surface area (Å²) < 4.78 is 4.97. The molecule has 0 unspecified atom stereocenters. The Morgan fingerprint density at radius 3 is 2.50 bits per heavy atom. The molecule has 0 atom stereocenters. The first kappa shape index (κ1) is 13.4. The lowest BCUT2D eigenvalue weighted by Gasteiger charge is -2.03. The topological polar surface area (TPSA) is 52.3 Å². The highest BCUT2D eigenvalue weighted by Crippen LogP contribution is 2.05. The van der Waals surface area contributed by atoms with Crippen LogP contribution in [0.15, 0.2) is 0 Å². The van der Waals surface area contributed by atoms with Crippen LogP contribution in [0.4, 0.5) is 0 Å². The third-order valence-corrected chi connectivity index (χ3v) is 2.10. The van der Waals surface area contributed by atoms with E-state index in [0.29, 0.717) is 19.6 Å². The van der Waals surface area contributed by atoms with Crippen molar-refractivity contribution in [2.75, 3.05) is 13.2 Å². The SMILES string of the molecule is CCCCCCCC(=O)OCCCN. The van der Waals surface area contributed by atoms with E-state index in [4.69, 9.17) is 10.5 Å². The van der Waals surface area contributed by atoms with Crippen LogP contribution in [0.5, 0.6) is 0 Å². The molecule has 0 bridgehead atoms. The van der Waals surface area contributed by atoms with Crippen molar-refractivity contribution in [2.45, 2.75) is 51.9 Å². The van der Waals surface area contributed by atoms with Gasteiger partial charge in [0.15, 0.2) is 0 Å². The van der Waals surface area contributed by atoms with Crippen molar-refractivity contribution in [1.82, 2.24) is 0 Å². The van der Waals surface area contributed by atoms with Gasteiger partial charge in [0.1, 0.15) is 0 Å². The van der Waals surface area contributed by atoms with E-state index in [1.165, 1.54) is 19.3 Å². The molecule has 0 amide bonds. The maximum atomic E-state index is 11.1. The molecular formula is C11H23NO2. The van der Waals surface area contributed by atoms with Gasteiger partial charge in [-0.3, -0.25) is 4.79 Å². The average Bonchev–Trinajstić information content (AvgIpc) is 2.18. The Labute approximate surface area is 87.0 Å². The minimum absolute atomic E-state index is 0.0741.